The molecular formula is C17H13NOS. The van der Waals surface area contributed by atoms with E-state index in [9.17, 15) is 4.79 Å². The maximum Gasteiger partial charge on any atom is 0.255 e. The lowest BCUT2D eigenvalue weighted by molar-refractivity contribution is 0.992. The Morgan fingerprint density at radius 1 is 0.800 bits per heavy atom. The summed E-state index contributed by atoms with van der Waals surface area (Å²) < 4.78 is 1.65. The first-order valence-electron chi connectivity index (χ1n) is 6.31. The van der Waals surface area contributed by atoms with Crippen LogP contribution in [0.15, 0.2) is 82.6 Å². The average Bonchev–Trinajstić information content (AvgIpc) is 2.48. The number of pyridine rings is 1. The molecule has 0 radical (unpaired) electrons. The molecule has 0 aliphatic carbocycles. The summed E-state index contributed by atoms with van der Waals surface area (Å²) in [6.45, 7) is 0. The van der Waals surface area contributed by atoms with Crippen molar-refractivity contribution in [1.29, 1.82) is 0 Å². The van der Waals surface area contributed by atoms with Gasteiger partial charge in [-0.15, -0.1) is 12.6 Å². The number of hydrogen-bond donors (Lipinski definition) is 1. The van der Waals surface area contributed by atoms with E-state index in [1.165, 1.54) is 0 Å². The van der Waals surface area contributed by atoms with Crippen LogP contribution in [-0.2, 0) is 0 Å². The molecule has 0 atom stereocenters. The third kappa shape index (κ3) is 2.53. The summed E-state index contributed by atoms with van der Waals surface area (Å²) in [6, 6.07) is 20.9. The van der Waals surface area contributed by atoms with Crippen molar-refractivity contribution < 1.29 is 0 Å². The Labute approximate surface area is 122 Å². The highest BCUT2D eigenvalue weighted by atomic mass is 32.1. The molecule has 0 fully saturated rings. The predicted molar refractivity (Wildman–Crippen MR) is 84.7 cm³/mol. The summed E-state index contributed by atoms with van der Waals surface area (Å²) in [5, 5.41) is 0. The van der Waals surface area contributed by atoms with E-state index in [2.05, 4.69) is 12.6 Å². The Bertz CT molecular complexity index is 793. The van der Waals surface area contributed by atoms with Crippen LogP contribution in [-0.4, -0.2) is 4.57 Å². The van der Waals surface area contributed by atoms with E-state index in [4.69, 9.17) is 0 Å². The van der Waals surface area contributed by atoms with Crippen molar-refractivity contribution in [3.05, 3.63) is 83.3 Å². The molecule has 0 amide bonds. The van der Waals surface area contributed by atoms with Gasteiger partial charge >= 0.3 is 0 Å². The molecule has 0 unspecified atom stereocenters. The van der Waals surface area contributed by atoms with Gasteiger partial charge in [0.15, 0.2) is 0 Å². The van der Waals surface area contributed by atoms with Crippen LogP contribution >= 0.6 is 12.6 Å². The summed E-state index contributed by atoms with van der Waals surface area (Å²) in [5.41, 5.74) is 2.86. The molecule has 3 aromatic rings. The molecule has 3 heteroatoms. The average molecular weight is 279 g/mol. The zero-order valence-corrected chi connectivity index (χ0v) is 11.6. The number of rotatable bonds is 2. The van der Waals surface area contributed by atoms with Crippen molar-refractivity contribution in [3.8, 4) is 16.8 Å². The van der Waals surface area contributed by atoms with Crippen LogP contribution < -0.4 is 5.56 Å². The molecular weight excluding hydrogens is 266 g/mol. The van der Waals surface area contributed by atoms with E-state index in [0.717, 1.165) is 21.7 Å². The zero-order valence-electron chi connectivity index (χ0n) is 10.7. The lowest BCUT2D eigenvalue weighted by Crippen LogP contribution is -2.16. The summed E-state index contributed by atoms with van der Waals surface area (Å²) in [4.78, 5) is 12.9. The number of para-hydroxylation sites is 1. The highest BCUT2D eigenvalue weighted by Crippen LogP contribution is 2.21. The molecule has 0 saturated heterocycles. The second kappa shape index (κ2) is 5.39. The number of thiol groups is 1. The van der Waals surface area contributed by atoms with Gasteiger partial charge in [-0.25, -0.2) is 0 Å². The Morgan fingerprint density at radius 3 is 2.35 bits per heavy atom. The monoisotopic (exact) mass is 279 g/mol. The predicted octanol–water partition coefficient (Wildman–Crippen LogP) is 3.79. The topological polar surface area (TPSA) is 22.0 Å². The third-order valence-corrected chi connectivity index (χ3v) is 3.40. The summed E-state index contributed by atoms with van der Waals surface area (Å²) in [7, 11) is 0. The molecule has 0 bridgehead atoms. The normalized spacial score (nSPS) is 10.4. The van der Waals surface area contributed by atoms with Crippen LogP contribution in [0.5, 0.6) is 0 Å². The smallest absolute Gasteiger partial charge is 0.255 e. The lowest BCUT2D eigenvalue weighted by atomic mass is 10.1. The van der Waals surface area contributed by atoms with Gasteiger partial charge in [-0.3, -0.25) is 9.36 Å². The first-order chi connectivity index (χ1) is 9.74. The minimum absolute atomic E-state index is 0.0398. The van der Waals surface area contributed by atoms with Crippen LogP contribution in [0.4, 0.5) is 0 Å². The first kappa shape index (κ1) is 12.8. The van der Waals surface area contributed by atoms with Gasteiger partial charge in [0.05, 0.1) is 0 Å². The van der Waals surface area contributed by atoms with Crippen LogP contribution in [0, 0.1) is 0 Å². The molecule has 20 heavy (non-hydrogen) atoms. The fraction of sp³-hybridized carbons (Fsp3) is 0. The summed E-state index contributed by atoms with van der Waals surface area (Å²) in [5.74, 6) is 0. The Balaban J connectivity index is 2.14. The molecule has 3 rings (SSSR count). The second-order valence-corrected chi connectivity index (χ2v) is 5.03. The molecule has 0 aliphatic rings. The quantitative estimate of drug-likeness (QED) is 0.708. The van der Waals surface area contributed by atoms with Crippen molar-refractivity contribution in [3.63, 3.8) is 0 Å². The fourth-order valence-electron chi connectivity index (χ4n) is 2.13. The number of hydrogen-bond acceptors (Lipinski definition) is 2. The Morgan fingerprint density at radius 2 is 1.60 bits per heavy atom. The highest BCUT2D eigenvalue weighted by Gasteiger charge is 2.03. The van der Waals surface area contributed by atoms with Crippen LogP contribution in [0.25, 0.3) is 16.8 Å². The molecule has 0 aliphatic heterocycles. The molecule has 2 aromatic carbocycles. The van der Waals surface area contributed by atoms with Crippen molar-refractivity contribution >= 4 is 12.6 Å². The Hall–Kier alpha value is -2.26. The van der Waals surface area contributed by atoms with Gasteiger partial charge in [-0.2, -0.15) is 0 Å². The van der Waals surface area contributed by atoms with Crippen molar-refractivity contribution in [1.82, 2.24) is 4.57 Å². The first-order valence-corrected chi connectivity index (χ1v) is 6.76. The van der Waals surface area contributed by atoms with Gasteiger partial charge in [0.1, 0.15) is 0 Å². The van der Waals surface area contributed by atoms with E-state index in [-0.39, 0.29) is 5.56 Å². The maximum absolute atomic E-state index is 12.0. The maximum atomic E-state index is 12.0. The largest absolute Gasteiger partial charge is 0.284 e. The van der Waals surface area contributed by atoms with Gasteiger partial charge in [0.25, 0.3) is 5.56 Å². The molecule has 2 nitrogen and oxygen atoms in total. The molecule has 1 heterocycles. The highest BCUT2D eigenvalue weighted by molar-refractivity contribution is 7.80. The Kier molecular flexibility index (Phi) is 3.44. The van der Waals surface area contributed by atoms with Crippen molar-refractivity contribution in [2.75, 3.05) is 0 Å². The molecule has 1 aromatic heterocycles. The summed E-state index contributed by atoms with van der Waals surface area (Å²) >= 11 is 4.35. The van der Waals surface area contributed by atoms with Gasteiger partial charge in [0.2, 0.25) is 0 Å². The van der Waals surface area contributed by atoms with Gasteiger partial charge in [-0.05, 0) is 41.5 Å². The molecule has 98 valence electrons. The molecule has 0 spiro atoms. The van der Waals surface area contributed by atoms with E-state index in [1.54, 1.807) is 10.6 Å². The minimum Gasteiger partial charge on any atom is -0.284 e. The van der Waals surface area contributed by atoms with Gasteiger partial charge < -0.3 is 0 Å². The SMILES string of the molecule is O=c1ccc(-c2cccc(S)c2)cn1-c1ccccc1. The second-order valence-electron chi connectivity index (χ2n) is 4.51. The number of benzene rings is 2. The fourth-order valence-corrected chi connectivity index (χ4v) is 2.36. The third-order valence-electron chi connectivity index (χ3n) is 3.12. The van der Waals surface area contributed by atoms with Gasteiger partial charge in [-0.1, -0.05) is 30.3 Å². The van der Waals surface area contributed by atoms with E-state index < -0.39 is 0 Å². The van der Waals surface area contributed by atoms with Crippen LogP contribution in [0.2, 0.25) is 0 Å². The summed E-state index contributed by atoms with van der Waals surface area (Å²) in [6.07, 6.45) is 1.86. The van der Waals surface area contributed by atoms with Gasteiger partial charge in [0, 0.05) is 22.8 Å². The lowest BCUT2D eigenvalue weighted by Gasteiger charge is -2.08. The number of aromatic nitrogens is 1. The molecule has 0 saturated carbocycles. The van der Waals surface area contributed by atoms with Crippen LogP contribution in [0.1, 0.15) is 0 Å². The van der Waals surface area contributed by atoms with E-state index >= 15 is 0 Å². The van der Waals surface area contributed by atoms with Crippen molar-refractivity contribution in [2.45, 2.75) is 4.90 Å². The minimum atomic E-state index is -0.0398. The van der Waals surface area contributed by atoms with Crippen molar-refractivity contribution in [2.24, 2.45) is 0 Å². The molecule has 0 N–H and O–H groups in total. The zero-order chi connectivity index (χ0) is 13.9. The standard InChI is InChI=1S/C17H13NOS/c19-17-10-9-14(13-5-4-8-16(20)11-13)12-18(17)15-6-2-1-3-7-15/h1-12,20H. The number of nitrogens with zero attached hydrogens (tertiary/aromatic N) is 1. The van der Waals surface area contributed by atoms with Crippen LogP contribution in [0.3, 0.4) is 0 Å². The van der Waals surface area contributed by atoms with E-state index in [0.29, 0.717) is 0 Å². The van der Waals surface area contributed by atoms with E-state index in [1.807, 2.05) is 66.9 Å².